The molecule has 0 aliphatic carbocycles. The minimum absolute atomic E-state index is 0.205. The first kappa shape index (κ1) is 8.95. The van der Waals surface area contributed by atoms with E-state index in [2.05, 4.69) is 20.7 Å². The summed E-state index contributed by atoms with van der Waals surface area (Å²) in [4.78, 5) is 10.6. The van der Waals surface area contributed by atoms with Gasteiger partial charge in [-0.2, -0.15) is 0 Å². The average molecular weight is 195 g/mol. The fourth-order valence-electron chi connectivity index (χ4n) is 0.365. The van der Waals surface area contributed by atoms with E-state index >= 15 is 0 Å². The maximum Gasteiger partial charge on any atom is 0.302 e. The first-order valence-corrected chi connectivity index (χ1v) is 3.82. The smallest absolute Gasteiger partial charge is 0.302 e. The molecule has 0 aromatic rings. The fraction of sp³-hybridized carbons (Fsp3) is 0.833. The Labute approximate surface area is 63.7 Å². The topological polar surface area (TPSA) is 26.3 Å². The fourth-order valence-corrected chi connectivity index (χ4v) is 0.552. The van der Waals surface area contributed by atoms with Crippen molar-refractivity contribution >= 4 is 21.9 Å². The highest BCUT2D eigenvalue weighted by Gasteiger charge is 1.96. The van der Waals surface area contributed by atoms with Crippen molar-refractivity contribution in [2.24, 2.45) is 0 Å². The van der Waals surface area contributed by atoms with Gasteiger partial charge in [0.2, 0.25) is 0 Å². The third kappa shape index (κ3) is 7.95. The molecule has 0 spiro atoms. The molecule has 0 N–H and O–H groups in total. The van der Waals surface area contributed by atoms with Crippen LogP contribution < -0.4 is 0 Å². The Kier molecular flexibility index (Phi) is 4.77. The third-order valence-electron chi connectivity index (χ3n) is 0.821. The van der Waals surface area contributed by atoms with E-state index in [1.165, 1.54) is 6.92 Å². The van der Waals surface area contributed by atoms with E-state index in [0.717, 1.165) is 6.42 Å². The number of halogens is 1. The van der Waals surface area contributed by atoms with Crippen LogP contribution >= 0.6 is 15.9 Å². The number of alkyl halides is 1. The zero-order valence-corrected chi connectivity index (χ0v) is 7.27. The summed E-state index contributed by atoms with van der Waals surface area (Å²) in [5.41, 5.74) is 0. The average Bonchev–Trinajstić information content (AvgIpc) is 1.63. The Morgan fingerprint density at radius 3 is 2.67 bits per heavy atom. The van der Waals surface area contributed by atoms with Crippen molar-refractivity contribution in [2.75, 3.05) is 6.61 Å². The summed E-state index contributed by atoms with van der Waals surface area (Å²) in [5.74, 6) is -0.205. The molecule has 0 fully saturated rings. The van der Waals surface area contributed by atoms with Gasteiger partial charge in [-0.15, -0.1) is 0 Å². The van der Waals surface area contributed by atoms with Crippen LogP contribution in [0.4, 0.5) is 0 Å². The van der Waals surface area contributed by atoms with Gasteiger partial charge in [0, 0.05) is 11.8 Å². The summed E-state index contributed by atoms with van der Waals surface area (Å²) < 4.78 is 4.68. The molecule has 0 aromatic carbocycles. The molecule has 54 valence electrons. The summed E-state index contributed by atoms with van der Waals surface area (Å²) in [6.07, 6.45) is 0.875. The Morgan fingerprint density at radius 2 is 2.33 bits per heavy atom. The van der Waals surface area contributed by atoms with Crippen LogP contribution in [0.5, 0.6) is 0 Å². The van der Waals surface area contributed by atoms with Gasteiger partial charge in [-0.1, -0.05) is 22.9 Å². The predicted molar refractivity (Wildman–Crippen MR) is 39.6 cm³/mol. The van der Waals surface area contributed by atoms with Crippen molar-refractivity contribution in [1.29, 1.82) is 0 Å². The second-order valence-corrected chi connectivity index (χ2v) is 3.47. The second-order valence-electron chi connectivity index (χ2n) is 1.91. The summed E-state index contributed by atoms with van der Waals surface area (Å²) in [6, 6.07) is 0. The quantitative estimate of drug-likeness (QED) is 0.506. The molecule has 9 heavy (non-hydrogen) atoms. The van der Waals surface area contributed by atoms with Crippen LogP contribution in [0.25, 0.3) is 0 Å². The zero-order chi connectivity index (χ0) is 7.28. The molecule has 3 heteroatoms. The number of ether oxygens (including phenoxy) is 1. The number of esters is 1. The van der Waals surface area contributed by atoms with Crippen LogP contribution in [0.3, 0.4) is 0 Å². The minimum Gasteiger partial charge on any atom is -0.466 e. The van der Waals surface area contributed by atoms with Crippen LogP contribution in [-0.4, -0.2) is 17.4 Å². The van der Waals surface area contributed by atoms with Gasteiger partial charge in [0.05, 0.1) is 6.61 Å². The van der Waals surface area contributed by atoms with Crippen molar-refractivity contribution in [2.45, 2.75) is 25.1 Å². The van der Waals surface area contributed by atoms with Gasteiger partial charge in [0.15, 0.2) is 0 Å². The van der Waals surface area contributed by atoms with Gasteiger partial charge in [-0.25, -0.2) is 0 Å². The highest BCUT2D eigenvalue weighted by molar-refractivity contribution is 9.09. The van der Waals surface area contributed by atoms with E-state index in [1.54, 1.807) is 0 Å². The lowest BCUT2D eigenvalue weighted by Gasteiger charge is -2.01. The molecule has 0 bridgehead atoms. The first-order valence-electron chi connectivity index (χ1n) is 2.90. The van der Waals surface area contributed by atoms with Crippen molar-refractivity contribution in [3.63, 3.8) is 0 Å². The number of hydrogen-bond donors (Lipinski definition) is 0. The van der Waals surface area contributed by atoms with Gasteiger partial charge in [-0.05, 0) is 6.42 Å². The summed E-state index contributed by atoms with van der Waals surface area (Å²) in [6.45, 7) is 3.95. The molecule has 0 aliphatic heterocycles. The molecule has 0 heterocycles. The minimum atomic E-state index is -0.205. The Hall–Kier alpha value is -0.0500. The van der Waals surface area contributed by atoms with Crippen molar-refractivity contribution in [3.8, 4) is 0 Å². The summed E-state index contributed by atoms with van der Waals surface area (Å²) in [7, 11) is 0. The number of hydrogen-bond acceptors (Lipinski definition) is 2. The molecule has 2 nitrogen and oxygen atoms in total. The van der Waals surface area contributed by atoms with Crippen LogP contribution in [0.1, 0.15) is 20.3 Å². The molecule has 0 rings (SSSR count). The van der Waals surface area contributed by atoms with E-state index in [0.29, 0.717) is 11.4 Å². The van der Waals surface area contributed by atoms with E-state index in [4.69, 9.17) is 0 Å². The monoisotopic (exact) mass is 194 g/mol. The number of carbonyl (C=O) groups is 1. The highest BCUT2D eigenvalue weighted by Crippen LogP contribution is 2.02. The lowest BCUT2D eigenvalue weighted by molar-refractivity contribution is -0.140. The SMILES string of the molecule is CC(=O)OCCC(C)Br. The van der Waals surface area contributed by atoms with Crippen LogP contribution in [0.15, 0.2) is 0 Å². The molecular formula is C6H11BrO2. The maximum atomic E-state index is 10.2. The normalized spacial score (nSPS) is 12.8. The van der Waals surface area contributed by atoms with Gasteiger partial charge in [0.25, 0.3) is 0 Å². The standard InChI is InChI=1S/C6H11BrO2/c1-5(7)3-4-9-6(2)8/h5H,3-4H2,1-2H3. The van der Waals surface area contributed by atoms with E-state index in [-0.39, 0.29) is 5.97 Å². The molecule has 1 unspecified atom stereocenters. The van der Waals surface area contributed by atoms with E-state index < -0.39 is 0 Å². The van der Waals surface area contributed by atoms with Crippen LogP contribution in [0.2, 0.25) is 0 Å². The second kappa shape index (κ2) is 4.79. The third-order valence-corrected chi connectivity index (χ3v) is 1.28. The maximum absolute atomic E-state index is 10.2. The molecule has 0 saturated carbocycles. The van der Waals surface area contributed by atoms with Crippen molar-refractivity contribution < 1.29 is 9.53 Å². The first-order chi connectivity index (χ1) is 4.13. The molecule has 1 atom stereocenters. The number of carbonyl (C=O) groups excluding carboxylic acids is 1. The lowest BCUT2D eigenvalue weighted by Crippen LogP contribution is -2.03. The Morgan fingerprint density at radius 1 is 1.78 bits per heavy atom. The predicted octanol–water partition coefficient (Wildman–Crippen LogP) is 1.72. The van der Waals surface area contributed by atoms with E-state index in [9.17, 15) is 4.79 Å². The van der Waals surface area contributed by atoms with Gasteiger partial charge in [-0.3, -0.25) is 4.79 Å². The summed E-state index contributed by atoms with van der Waals surface area (Å²) in [5, 5.41) is 0. The van der Waals surface area contributed by atoms with Gasteiger partial charge < -0.3 is 4.74 Å². The Bertz CT molecular complexity index is 91.1. The number of rotatable bonds is 3. The molecule has 0 radical (unpaired) electrons. The van der Waals surface area contributed by atoms with Gasteiger partial charge in [0.1, 0.15) is 0 Å². The van der Waals surface area contributed by atoms with Crippen LogP contribution in [-0.2, 0) is 9.53 Å². The largest absolute Gasteiger partial charge is 0.466 e. The van der Waals surface area contributed by atoms with Crippen LogP contribution in [0, 0.1) is 0 Å². The summed E-state index contributed by atoms with van der Waals surface area (Å²) >= 11 is 3.33. The molecule has 0 saturated heterocycles. The zero-order valence-electron chi connectivity index (χ0n) is 5.69. The van der Waals surface area contributed by atoms with Crippen molar-refractivity contribution in [1.82, 2.24) is 0 Å². The van der Waals surface area contributed by atoms with Gasteiger partial charge >= 0.3 is 5.97 Å². The molecular weight excluding hydrogens is 184 g/mol. The molecule has 0 aromatic heterocycles. The van der Waals surface area contributed by atoms with Crippen molar-refractivity contribution in [3.05, 3.63) is 0 Å². The molecule has 0 aliphatic rings. The van der Waals surface area contributed by atoms with E-state index in [1.807, 2.05) is 6.92 Å². The lowest BCUT2D eigenvalue weighted by atomic mass is 10.4. The highest BCUT2D eigenvalue weighted by atomic mass is 79.9. The Balaban J connectivity index is 3.01. The molecule has 0 amide bonds.